The molecular weight excluding hydrogens is 296 g/mol. The zero-order chi connectivity index (χ0) is 16.2. The second-order valence-corrected chi connectivity index (χ2v) is 5.36. The van der Waals surface area contributed by atoms with E-state index >= 15 is 0 Å². The first-order chi connectivity index (χ1) is 11.2. The lowest BCUT2D eigenvalue weighted by Gasteiger charge is -2.22. The predicted molar refractivity (Wildman–Crippen MR) is 84.8 cm³/mol. The number of methoxy groups -OCH3 is 1. The van der Waals surface area contributed by atoms with Gasteiger partial charge in [0, 0.05) is 18.4 Å². The van der Waals surface area contributed by atoms with E-state index < -0.39 is 12.1 Å². The van der Waals surface area contributed by atoms with Crippen LogP contribution in [-0.2, 0) is 9.53 Å². The lowest BCUT2D eigenvalue weighted by atomic mass is 10.1. The fourth-order valence-electron chi connectivity index (χ4n) is 2.75. The molecule has 120 valence electrons. The molecule has 0 spiro atoms. The number of aromatic nitrogens is 2. The van der Waals surface area contributed by atoms with Crippen molar-refractivity contribution in [3.63, 3.8) is 0 Å². The SMILES string of the molecule is COC(=O)N1CCC[C@@H]1C(=O)Nc1ccc(-c2ccn[nH]2)cc1. The summed E-state index contributed by atoms with van der Waals surface area (Å²) in [4.78, 5) is 25.5. The molecule has 1 aliphatic heterocycles. The Labute approximate surface area is 133 Å². The van der Waals surface area contributed by atoms with E-state index in [-0.39, 0.29) is 5.91 Å². The molecule has 2 N–H and O–H groups in total. The van der Waals surface area contributed by atoms with Crippen LogP contribution in [0.5, 0.6) is 0 Å². The zero-order valence-electron chi connectivity index (χ0n) is 12.8. The van der Waals surface area contributed by atoms with Crippen molar-refractivity contribution in [1.29, 1.82) is 0 Å². The van der Waals surface area contributed by atoms with Gasteiger partial charge in [-0.05, 0) is 36.6 Å². The fourth-order valence-corrected chi connectivity index (χ4v) is 2.75. The van der Waals surface area contributed by atoms with Gasteiger partial charge in [-0.15, -0.1) is 0 Å². The number of anilines is 1. The van der Waals surface area contributed by atoms with Gasteiger partial charge in [-0.25, -0.2) is 4.79 Å². The van der Waals surface area contributed by atoms with Crippen molar-refractivity contribution < 1.29 is 14.3 Å². The Hall–Kier alpha value is -2.83. The molecule has 0 saturated carbocycles. The molecule has 1 fully saturated rings. The van der Waals surface area contributed by atoms with E-state index in [2.05, 4.69) is 15.5 Å². The highest BCUT2D eigenvalue weighted by Gasteiger charge is 2.34. The Morgan fingerprint density at radius 2 is 2.09 bits per heavy atom. The van der Waals surface area contributed by atoms with E-state index in [1.54, 1.807) is 6.20 Å². The highest BCUT2D eigenvalue weighted by molar-refractivity contribution is 5.97. The number of amides is 2. The molecule has 1 aliphatic rings. The third-order valence-electron chi connectivity index (χ3n) is 3.93. The first kappa shape index (κ1) is 15.1. The fraction of sp³-hybridized carbons (Fsp3) is 0.312. The molecule has 1 aromatic heterocycles. The number of aromatic amines is 1. The molecule has 7 heteroatoms. The van der Waals surface area contributed by atoms with Crippen molar-refractivity contribution in [2.75, 3.05) is 19.0 Å². The van der Waals surface area contributed by atoms with Gasteiger partial charge in [0.2, 0.25) is 5.91 Å². The summed E-state index contributed by atoms with van der Waals surface area (Å²) in [6, 6.07) is 8.85. The van der Waals surface area contributed by atoms with Crippen LogP contribution in [0.15, 0.2) is 36.5 Å². The number of benzene rings is 1. The third kappa shape index (κ3) is 3.18. The molecule has 23 heavy (non-hydrogen) atoms. The molecule has 0 unspecified atom stereocenters. The number of nitrogens with zero attached hydrogens (tertiary/aromatic N) is 2. The molecular formula is C16H18N4O3. The molecule has 0 aliphatic carbocycles. The molecule has 0 bridgehead atoms. The number of nitrogens with one attached hydrogen (secondary N) is 2. The average Bonchev–Trinajstić information content (AvgIpc) is 3.26. The monoisotopic (exact) mass is 314 g/mol. The maximum Gasteiger partial charge on any atom is 0.410 e. The highest BCUT2D eigenvalue weighted by atomic mass is 16.5. The van der Waals surface area contributed by atoms with Gasteiger partial charge in [-0.1, -0.05) is 12.1 Å². The van der Waals surface area contributed by atoms with Gasteiger partial charge in [0.15, 0.2) is 0 Å². The van der Waals surface area contributed by atoms with E-state index in [0.717, 1.165) is 17.7 Å². The first-order valence-corrected chi connectivity index (χ1v) is 7.44. The van der Waals surface area contributed by atoms with Crippen LogP contribution in [0.4, 0.5) is 10.5 Å². The molecule has 7 nitrogen and oxygen atoms in total. The molecule has 2 aromatic rings. The number of H-pyrrole nitrogens is 1. The molecule has 3 rings (SSSR count). The third-order valence-corrected chi connectivity index (χ3v) is 3.93. The Morgan fingerprint density at radius 1 is 1.30 bits per heavy atom. The highest BCUT2D eigenvalue weighted by Crippen LogP contribution is 2.22. The van der Waals surface area contributed by atoms with Crippen LogP contribution < -0.4 is 5.32 Å². The van der Waals surface area contributed by atoms with Crippen molar-refractivity contribution in [1.82, 2.24) is 15.1 Å². The number of carbonyl (C=O) groups is 2. The summed E-state index contributed by atoms with van der Waals surface area (Å²) in [5.41, 5.74) is 2.59. The van der Waals surface area contributed by atoms with Gasteiger partial charge in [-0.3, -0.25) is 14.8 Å². The normalized spacial score (nSPS) is 17.1. The Balaban J connectivity index is 1.67. The Bertz CT molecular complexity index is 682. The summed E-state index contributed by atoms with van der Waals surface area (Å²) in [6.07, 6.45) is 2.67. The average molecular weight is 314 g/mol. The van der Waals surface area contributed by atoms with Crippen molar-refractivity contribution in [2.45, 2.75) is 18.9 Å². The van der Waals surface area contributed by atoms with Gasteiger partial charge in [0.05, 0.1) is 12.8 Å². The molecule has 2 heterocycles. The molecule has 2 amide bonds. The molecule has 1 atom stereocenters. The number of ether oxygens (including phenoxy) is 1. The number of likely N-dealkylation sites (tertiary alicyclic amines) is 1. The molecule has 1 saturated heterocycles. The molecule has 0 radical (unpaired) electrons. The lowest BCUT2D eigenvalue weighted by Crippen LogP contribution is -2.43. The van der Waals surface area contributed by atoms with Crippen LogP contribution in [0.2, 0.25) is 0 Å². The van der Waals surface area contributed by atoms with Crippen LogP contribution >= 0.6 is 0 Å². The predicted octanol–water partition coefficient (Wildman–Crippen LogP) is 2.25. The lowest BCUT2D eigenvalue weighted by molar-refractivity contribution is -0.119. The van der Waals surface area contributed by atoms with Gasteiger partial charge in [-0.2, -0.15) is 5.10 Å². The summed E-state index contributed by atoms with van der Waals surface area (Å²) < 4.78 is 4.72. The van der Waals surface area contributed by atoms with E-state index in [1.807, 2.05) is 30.3 Å². The van der Waals surface area contributed by atoms with Crippen LogP contribution in [0.1, 0.15) is 12.8 Å². The second kappa shape index (κ2) is 6.51. The van der Waals surface area contributed by atoms with Crippen molar-refractivity contribution in [3.8, 4) is 11.3 Å². The molecule has 1 aromatic carbocycles. The largest absolute Gasteiger partial charge is 0.453 e. The number of hydrogen-bond acceptors (Lipinski definition) is 4. The van der Waals surface area contributed by atoms with Gasteiger partial charge in [0.25, 0.3) is 0 Å². The van der Waals surface area contributed by atoms with Crippen molar-refractivity contribution in [3.05, 3.63) is 36.5 Å². The Kier molecular flexibility index (Phi) is 4.27. The summed E-state index contributed by atoms with van der Waals surface area (Å²) in [7, 11) is 1.32. The van der Waals surface area contributed by atoms with E-state index in [4.69, 9.17) is 4.74 Å². The second-order valence-electron chi connectivity index (χ2n) is 5.36. The minimum absolute atomic E-state index is 0.192. The minimum atomic E-state index is -0.477. The van der Waals surface area contributed by atoms with Crippen LogP contribution in [0.25, 0.3) is 11.3 Å². The van der Waals surface area contributed by atoms with Crippen LogP contribution in [0.3, 0.4) is 0 Å². The van der Waals surface area contributed by atoms with E-state index in [0.29, 0.717) is 18.7 Å². The number of rotatable bonds is 3. The van der Waals surface area contributed by atoms with E-state index in [9.17, 15) is 9.59 Å². The number of hydrogen-bond donors (Lipinski definition) is 2. The van der Waals surface area contributed by atoms with Crippen molar-refractivity contribution in [2.24, 2.45) is 0 Å². The summed E-state index contributed by atoms with van der Waals surface area (Å²) in [5.74, 6) is -0.192. The summed E-state index contributed by atoms with van der Waals surface area (Å²) in [6.45, 7) is 0.545. The Morgan fingerprint density at radius 3 is 2.74 bits per heavy atom. The maximum absolute atomic E-state index is 12.4. The number of carbonyl (C=O) groups excluding carboxylic acids is 2. The standard InChI is InChI=1S/C16H18N4O3/c1-23-16(22)20-10-2-3-14(20)15(21)18-12-6-4-11(5-7-12)13-8-9-17-19-13/h4-9,14H,2-3,10H2,1H3,(H,17,19)(H,18,21)/t14-/m1/s1. The summed E-state index contributed by atoms with van der Waals surface area (Å²) in [5, 5.41) is 9.65. The maximum atomic E-state index is 12.4. The first-order valence-electron chi connectivity index (χ1n) is 7.44. The minimum Gasteiger partial charge on any atom is -0.453 e. The van der Waals surface area contributed by atoms with Gasteiger partial charge < -0.3 is 10.1 Å². The quantitative estimate of drug-likeness (QED) is 0.909. The van der Waals surface area contributed by atoms with Crippen LogP contribution in [-0.4, -0.2) is 46.8 Å². The topological polar surface area (TPSA) is 87.3 Å². The van der Waals surface area contributed by atoms with Crippen molar-refractivity contribution >= 4 is 17.7 Å². The van der Waals surface area contributed by atoms with E-state index in [1.165, 1.54) is 12.0 Å². The smallest absolute Gasteiger partial charge is 0.410 e. The van der Waals surface area contributed by atoms with Gasteiger partial charge >= 0.3 is 6.09 Å². The van der Waals surface area contributed by atoms with Gasteiger partial charge in [0.1, 0.15) is 6.04 Å². The zero-order valence-corrected chi connectivity index (χ0v) is 12.8. The summed E-state index contributed by atoms with van der Waals surface area (Å²) >= 11 is 0. The van der Waals surface area contributed by atoms with Crippen LogP contribution in [0, 0.1) is 0 Å².